The monoisotopic (exact) mass is 212 g/mol. The molecule has 1 amide bonds. The van der Waals surface area contributed by atoms with Crippen LogP contribution in [-0.4, -0.2) is 29.1 Å². The first kappa shape index (κ1) is 11.7. The summed E-state index contributed by atoms with van der Waals surface area (Å²) in [6.07, 6.45) is 1.24. The van der Waals surface area contributed by atoms with Crippen molar-refractivity contribution < 1.29 is 14.3 Å². The number of aromatic nitrogens is 1. The summed E-state index contributed by atoms with van der Waals surface area (Å²) in [4.78, 5) is 15.4. The van der Waals surface area contributed by atoms with E-state index in [0.29, 0.717) is 12.2 Å². The van der Waals surface area contributed by atoms with E-state index in [9.17, 15) is 4.79 Å². The fourth-order valence-corrected chi connectivity index (χ4v) is 0.976. The van der Waals surface area contributed by atoms with E-state index in [2.05, 4.69) is 10.3 Å². The highest BCUT2D eigenvalue weighted by Crippen LogP contribution is 2.12. The van der Waals surface area contributed by atoms with Gasteiger partial charge in [-0.3, -0.25) is 4.79 Å². The molecule has 15 heavy (non-hydrogen) atoms. The molecule has 0 saturated heterocycles. The summed E-state index contributed by atoms with van der Waals surface area (Å²) in [7, 11) is 0. The highest BCUT2D eigenvalue weighted by Gasteiger charge is 2.20. The smallest absolute Gasteiger partial charge is 0.289 e. The van der Waals surface area contributed by atoms with Crippen LogP contribution in [0.5, 0.6) is 0 Å². The molecule has 0 radical (unpaired) electrons. The number of hydrogen-bond acceptors (Lipinski definition) is 4. The van der Waals surface area contributed by atoms with Crippen LogP contribution in [0.2, 0.25) is 0 Å². The lowest BCUT2D eigenvalue weighted by Gasteiger charge is -2.21. The van der Waals surface area contributed by atoms with E-state index in [1.54, 1.807) is 6.92 Å². The molecule has 1 heterocycles. The number of aryl methyl sites for hydroxylation is 1. The number of oxazole rings is 1. The molecule has 84 valence electrons. The normalized spacial score (nSPS) is 11.5. The van der Waals surface area contributed by atoms with Crippen molar-refractivity contribution in [2.75, 3.05) is 13.2 Å². The van der Waals surface area contributed by atoms with Crippen LogP contribution in [0.4, 0.5) is 0 Å². The van der Waals surface area contributed by atoms with E-state index < -0.39 is 0 Å². The number of hydrogen-bond donors (Lipinski definition) is 2. The maximum atomic E-state index is 11.6. The molecule has 0 aliphatic carbocycles. The Morgan fingerprint density at radius 3 is 2.80 bits per heavy atom. The molecule has 1 aromatic heterocycles. The van der Waals surface area contributed by atoms with E-state index >= 15 is 0 Å². The predicted molar refractivity (Wildman–Crippen MR) is 54.4 cm³/mol. The van der Waals surface area contributed by atoms with E-state index in [4.69, 9.17) is 9.52 Å². The number of amides is 1. The minimum absolute atomic E-state index is 0.0165. The quantitative estimate of drug-likeness (QED) is 0.771. The summed E-state index contributed by atoms with van der Waals surface area (Å²) in [6, 6.07) is 0. The molecule has 0 saturated carbocycles. The maximum Gasteiger partial charge on any atom is 0.289 e. The Balaban J connectivity index is 2.55. The molecule has 0 unspecified atom stereocenters. The van der Waals surface area contributed by atoms with Gasteiger partial charge < -0.3 is 14.8 Å². The number of nitrogens with one attached hydrogen (secondary N) is 1. The van der Waals surface area contributed by atoms with Gasteiger partial charge in [-0.05, 0) is 6.92 Å². The zero-order valence-corrected chi connectivity index (χ0v) is 9.20. The molecule has 5 nitrogen and oxygen atoms in total. The molecular formula is C10H16N2O3. The van der Waals surface area contributed by atoms with Crippen molar-refractivity contribution in [3.63, 3.8) is 0 Å². The number of rotatable bonds is 4. The Hall–Kier alpha value is -1.36. The van der Waals surface area contributed by atoms with Crippen molar-refractivity contribution >= 4 is 5.91 Å². The Morgan fingerprint density at radius 1 is 1.67 bits per heavy atom. The van der Waals surface area contributed by atoms with E-state index in [-0.39, 0.29) is 23.7 Å². The second-order valence-corrected chi connectivity index (χ2v) is 4.27. The number of nitrogens with zero attached hydrogens (tertiary/aromatic N) is 1. The van der Waals surface area contributed by atoms with Gasteiger partial charge >= 0.3 is 0 Å². The van der Waals surface area contributed by atoms with Gasteiger partial charge in [0.2, 0.25) is 5.76 Å². The molecular weight excluding hydrogens is 196 g/mol. The van der Waals surface area contributed by atoms with E-state index in [1.165, 1.54) is 6.39 Å². The zero-order valence-electron chi connectivity index (χ0n) is 9.20. The maximum absolute atomic E-state index is 11.6. The summed E-state index contributed by atoms with van der Waals surface area (Å²) < 4.78 is 4.94. The van der Waals surface area contributed by atoms with Gasteiger partial charge in [0.15, 0.2) is 6.39 Å². The minimum atomic E-state index is -0.330. The summed E-state index contributed by atoms with van der Waals surface area (Å²) >= 11 is 0. The van der Waals surface area contributed by atoms with Gasteiger partial charge in [-0.2, -0.15) is 0 Å². The summed E-state index contributed by atoms with van der Waals surface area (Å²) in [5, 5.41) is 11.7. The highest BCUT2D eigenvalue weighted by molar-refractivity contribution is 5.92. The average molecular weight is 212 g/mol. The Bertz CT molecular complexity index is 344. The molecule has 0 aliphatic heterocycles. The van der Waals surface area contributed by atoms with Crippen LogP contribution in [0.3, 0.4) is 0 Å². The molecule has 0 spiro atoms. The van der Waals surface area contributed by atoms with Gasteiger partial charge in [0.25, 0.3) is 5.91 Å². The zero-order chi connectivity index (χ0) is 11.5. The first-order chi connectivity index (χ1) is 6.96. The average Bonchev–Trinajstić information content (AvgIpc) is 2.61. The van der Waals surface area contributed by atoms with Gasteiger partial charge in [-0.1, -0.05) is 13.8 Å². The molecule has 2 N–H and O–H groups in total. The standard InChI is InChI=1S/C10H16N2O3/c1-7-8(15-6-12-7)9(14)11-4-10(2,3)5-13/h6,13H,4-5H2,1-3H3,(H,11,14). The Kier molecular flexibility index (Phi) is 3.47. The lowest BCUT2D eigenvalue weighted by atomic mass is 9.95. The van der Waals surface area contributed by atoms with Crippen LogP contribution in [0.25, 0.3) is 0 Å². The molecule has 0 fully saturated rings. The molecule has 1 rings (SSSR count). The van der Waals surface area contributed by atoms with Crippen LogP contribution in [0, 0.1) is 12.3 Å². The van der Waals surface area contributed by atoms with Crippen molar-refractivity contribution in [3.05, 3.63) is 17.8 Å². The molecule has 1 aromatic rings. The third kappa shape index (κ3) is 3.06. The minimum Gasteiger partial charge on any atom is -0.438 e. The summed E-state index contributed by atoms with van der Waals surface area (Å²) in [5.74, 6) is -0.0738. The van der Waals surface area contributed by atoms with Crippen LogP contribution in [0.15, 0.2) is 10.8 Å². The third-order valence-corrected chi connectivity index (χ3v) is 2.11. The van der Waals surface area contributed by atoms with Gasteiger partial charge in [0.05, 0.1) is 5.69 Å². The van der Waals surface area contributed by atoms with Gasteiger partial charge in [-0.15, -0.1) is 0 Å². The second kappa shape index (κ2) is 4.44. The van der Waals surface area contributed by atoms with Crippen molar-refractivity contribution in [3.8, 4) is 0 Å². The highest BCUT2D eigenvalue weighted by atomic mass is 16.3. The van der Waals surface area contributed by atoms with E-state index in [1.807, 2.05) is 13.8 Å². The third-order valence-electron chi connectivity index (χ3n) is 2.11. The molecule has 0 atom stereocenters. The van der Waals surface area contributed by atoms with Crippen molar-refractivity contribution in [2.24, 2.45) is 5.41 Å². The molecule has 5 heteroatoms. The SMILES string of the molecule is Cc1ncoc1C(=O)NCC(C)(C)CO. The Labute approximate surface area is 88.5 Å². The lowest BCUT2D eigenvalue weighted by molar-refractivity contribution is 0.0883. The lowest BCUT2D eigenvalue weighted by Crippen LogP contribution is -2.36. The predicted octanol–water partition coefficient (Wildman–Crippen LogP) is 0.731. The number of aliphatic hydroxyl groups is 1. The van der Waals surface area contributed by atoms with E-state index in [0.717, 1.165) is 0 Å². The number of carbonyl (C=O) groups excluding carboxylic acids is 1. The largest absolute Gasteiger partial charge is 0.438 e. The van der Waals surface area contributed by atoms with Gasteiger partial charge in [-0.25, -0.2) is 4.98 Å². The molecule has 0 aliphatic rings. The topological polar surface area (TPSA) is 75.4 Å². The fourth-order valence-electron chi connectivity index (χ4n) is 0.976. The van der Waals surface area contributed by atoms with Gasteiger partial charge in [0.1, 0.15) is 0 Å². The van der Waals surface area contributed by atoms with Crippen LogP contribution in [-0.2, 0) is 0 Å². The van der Waals surface area contributed by atoms with Crippen LogP contribution >= 0.6 is 0 Å². The van der Waals surface area contributed by atoms with Crippen LogP contribution in [0.1, 0.15) is 30.1 Å². The van der Waals surface area contributed by atoms with Crippen molar-refractivity contribution in [1.82, 2.24) is 10.3 Å². The summed E-state index contributed by atoms with van der Waals surface area (Å²) in [6.45, 7) is 5.84. The second-order valence-electron chi connectivity index (χ2n) is 4.27. The number of aliphatic hydroxyl groups excluding tert-OH is 1. The molecule has 0 aromatic carbocycles. The first-order valence-electron chi connectivity index (χ1n) is 4.75. The van der Waals surface area contributed by atoms with Crippen molar-refractivity contribution in [2.45, 2.75) is 20.8 Å². The Morgan fingerprint density at radius 2 is 2.33 bits per heavy atom. The number of carbonyl (C=O) groups is 1. The fraction of sp³-hybridized carbons (Fsp3) is 0.600. The summed E-state index contributed by atoms with van der Waals surface area (Å²) in [5.41, 5.74) is 0.234. The van der Waals surface area contributed by atoms with Crippen LogP contribution < -0.4 is 5.32 Å². The van der Waals surface area contributed by atoms with Gasteiger partial charge in [0, 0.05) is 18.6 Å². The van der Waals surface area contributed by atoms with Crippen molar-refractivity contribution in [1.29, 1.82) is 0 Å². The first-order valence-corrected chi connectivity index (χ1v) is 4.75. The molecule has 0 bridgehead atoms.